The molecule has 2 rings (SSSR count). The molecule has 4 nitrogen and oxygen atoms in total. The Labute approximate surface area is 126 Å². The molecule has 1 fully saturated rings. The third kappa shape index (κ3) is 5.77. The molecular weight excluding hydrogens is 299 g/mol. The zero-order chi connectivity index (χ0) is 16.9. The lowest BCUT2D eigenvalue weighted by Crippen LogP contribution is -2.21. The van der Waals surface area contributed by atoms with E-state index in [-0.39, 0.29) is 0 Å². The molecule has 1 saturated carbocycles. The molecule has 1 aliphatic carbocycles. The third-order valence-electron chi connectivity index (χ3n) is 3.18. The molecule has 1 aliphatic rings. The fourth-order valence-electron chi connectivity index (χ4n) is 1.81. The third-order valence-corrected chi connectivity index (χ3v) is 3.18. The van der Waals surface area contributed by atoms with E-state index in [1.807, 2.05) is 12.1 Å². The lowest BCUT2D eigenvalue weighted by molar-refractivity contribution is -0.192. The molecular formula is C15H18F3NO3. The van der Waals surface area contributed by atoms with E-state index in [0.717, 1.165) is 12.2 Å². The maximum atomic E-state index is 10.6. The number of alkyl halides is 3. The van der Waals surface area contributed by atoms with Crippen molar-refractivity contribution < 1.29 is 27.8 Å². The summed E-state index contributed by atoms with van der Waals surface area (Å²) in [5.41, 5.74) is 8.40. The fourth-order valence-corrected chi connectivity index (χ4v) is 1.81. The number of hydrogen-bond donors (Lipinski definition) is 2. The van der Waals surface area contributed by atoms with Crippen LogP contribution in [-0.4, -0.2) is 30.4 Å². The minimum absolute atomic E-state index is 0.388. The van der Waals surface area contributed by atoms with Gasteiger partial charge in [0, 0.05) is 6.04 Å². The Kier molecular flexibility index (Phi) is 5.99. The minimum atomic E-state index is -5.08. The molecule has 3 N–H and O–H groups in total. The van der Waals surface area contributed by atoms with Crippen molar-refractivity contribution >= 4 is 12.0 Å². The molecule has 1 aromatic rings. The van der Waals surface area contributed by atoms with Gasteiger partial charge in [-0.25, -0.2) is 4.79 Å². The van der Waals surface area contributed by atoms with Crippen LogP contribution in [0.3, 0.4) is 0 Å². The summed E-state index contributed by atoms with van der Waals surface area (Å²) in [5, 5.41) is 7.12. The summed E-state index contributed by atoms with van der Waals surface area (Å²) >= 11 is 0. The highest BCUT2D eigenvalue weighted by Crippen LogP contribution is 2.35. The molecule has 0 bridgehead atoms. The van der Waals surface area contributed by atoms with Gasteiger partial charge in [-0.15, -0.1) is 0 Å². The first kappa shape index (κ1) is 18.0. The Morgan fingerprint density at radius 3 is 2.14 bits per heavy atom. The number of methoxy groups -OCH3 is 1. The summed E-state index contributed by atoms with van der Waals surface area (Å²) in [4.78, 5) is 8.90. The van der Waals surface area contributed by atoms with Crippen molar-refractivity contribution in [3.8, 4) is 5.75 Å². The van der Waals surface area contributed by atoms with E-state index in [1.165, 1.54) is 11.1 Å². The number of nitrogens with two attached hydrogens (primary N) is 1. The van der Waals surface area contributed by atoms with Gasteiger partial charge < -0.3 is 15.6 Å². The second-order valence-corrected chi connectivity index (χ2v) is 4.97. The Morgan fingerprint density at radius 1 is 1.36 bits per heavy atom. The molecule has 0 heterocycles. The topological polar surface area (TPSA) is 72.5 Å². The maximum absolute atomic E-state index is 10.6. The van der Waals surface area contributed by atoms with Gasteiger partial charge in [0.05, 0.1) is 7.11 Å². The molecule has 22 heavy (non-hydrogen) atoms. The van der Waals surface area contributed by atoms with E-state index < -0.39 is 12.1 Å². The summed E-state index contributed by atoms with van der Waals surface area (Å²) in [6, 6.07) is 8.48. The number of rotatable bonds is 3. The number of carbonyl (C=O) groups is 1. The lowest BCUT2D eigenvalue weighted by Gasteiger charge is -2.01. The highest BCUT2D eigenvalue weighted by Gasteiger charge is 2.38. The number of carboxylic acid groups (broad SMARTS) is 1. The van der Waals surface area contributed by atoms with Crippen molar-refractivity contribution in [2.24, 2.45) is 11.7 Å². The normalized spacial score (nSPS) is 20.7. The maximum Gasteiger partial charge on any atom is 0.490 e. The Bertz CT molecular complexity index is 538. The molecule has 0 aromatic heterocycles. The number of halogens is 3. The molecule has 2 atom stereocenters. The molecule has 0 aliphatic heterocycles. The molecule has 1 aromatic carbocycles. The zero-order valence-corrected chi connectivity index (χ0v) is 12.2. The lowest BCUT2D eigenvalue weighted by atomic mass is 10.1. The molecule has 0 amide bonds. The Balaban J connectivity index is 0.000000295. The summed E-state index contributed by atoms with van der Waals surface area (Å²) < 4.78 is 36.8. The first-order chi connectivity index (χ1) is 10.1. The SMILES string of the molecule is COc1ccc(/C=C(\C)C2CC2N)cc1.O=C(O)C(F)(F)F. The van der Waals surface area contributed by atoms with Gasteiger partial charge in [-0.2, -0.15) is 13.2 Å². The molecule has 2 unspecified atom stereocenters. The standard InChI is InChI=1S/C13H17NO.C2HF3O2/c1-9(12-8-13(12)14)7-10-3-5-11(15-2)6-4-10;3-2(4,5)1(6)7/h3-7,12-13H,8,14H2,1-2H3;(H,6,7)/b9-7+;. The van der Waals surface area contributed by atoms with Crippen LogP contribution in [0, 0.1) is 5.92 Å². The monoisotopic (exact) mass is 317 g/mol. The quantitative estimate of drug-likeness (QED) is 0.898. The van der Waals surface area contributed by atoms with Gasteiger partial charge in [-0.3, -0.25) is 0 Å². The summed E-state index contributed by atoms with van der Waals surface area (Å²) in [5.74, 6) is -1.26. The average Bonchev–Trinajstić information content (AvgIpc) is 3.16. The number of aliphatic carboxylic acids is 1. The van der Waals surface area contributed by atoms with Gasteiger partial charge in [0.15, 0.2) is 0 Å². The van der Waals surface area contributed by atoms with Crippen LogP contribution in [-0.2, 0) is 4.79 Å². The number of hydrogen-bond acceptors (Lipinski definition) is 3. The van der Waals surface area contributed by atoms with Crippen molar-refractivity contribution in [2.75, 3.05) is 7.11 Å². The van der Waals surface area contributed by atoms with Crippen LogP contribution >= 0.6 is 0 Å². The number of carboxylic acids is 1. The second kappa shape index (κ2) is 7.31. The van der Waals surface area contributed by atoms with Crippen molar-refractivity contribution in [3.05, 3.63) is 35.4 Å². The summed E-state index contributed by atoms with van der Waals surface area (Å²) in [7, 11) is 1.68. The van der Waals surface area contributed by atoms with Gasteiger partial charge >= 0.3 is 12.1 Å². The van der Waals surface area contributed by atoms with Crippen LogP contribution in [0.15, 0.2) is 29.8 Å². The molecule has 0 spiro atoms. The predicted octanol–water partition coefficient (Wildman–Crippen LogP) is 3.08. The summed E-state index contributed by atoms with van der Waals surface area (Å²) in [6.07, 6.45) is -1.74. The predicted molar refractivity (Wildman–Crippen MR) is 76.4 cm³/mol. The minimum Gasteiger partial charge on any atom is -0.497 e. The van der Waals surface area contributed by atoms with E-state index in [1.54, 1.807) is 7.11 Å². The first-order valence-electron chi connectivity index (χ1n) is 6.53. The number of benzene rings is 1. The highest BCUT2D eigenvalue weighted by molar-refractivity contribution is 5.73. The average molecular weight is 317 g/mol. The van der Waals surface area contributed by atoms with Crippen LogP contribution < -0.4 is 10.5 Å². The number of ether oxygens (including phenoxy) is 1. The van der Waals surface area contributed by atoms with Crippen LogP contribution in [0.2, 0.25) is 0 Å². The second-order valence-electron chi connectivity index (χ2n) is 4.97. The van der Waals surface area contributed by atoms with E-state index >= 15 is 0 Å². The van der Waals surface area contributed by atoms with Crippen LogP contribution in [0.4, 0.5) is 13.2 Å². The van der Waals surface area contributed by atoms with E-state index in [9.17, 15) is 13.2 Å². The van der Waals surface area contributed by atoms with E-state index in [4.69, 9.17) is 20.4 Å². The molecule has 0 saturated heterocycles. The van der Waals surface area contributed by atoms with Crippen LogP contribution in [0.5, 0.6) is 5.75 Å². The van der Waals surface area contributed by atoms with E-state index in [0.29, 0.717) is 12.0 Å². The largest absolute Gasteiger partial charge is 0.497 e. The Morgan fingerprint density at radius 2 is 1.82 bits per heavy atom. The molecule has 7 heteroatoms. The zero-order valence-electron chi connectivity index (χ0n) is 12.2. The van der Waals surface area contributed by atoms with Crippen LogP contribution in [0.25, 0.3) is 6.08 Å². The van der Waals surface area contributed by atoms with Crippen molar-refractivity contribution in [2.45, 2.75) is 25.6 Å². The molecule has 0 radical (unpaired) electrons. The molecule has 122 valence electrons. The van der Waals surface area contributed by atoms with Gasteiger partial charge in [0.25, 0.3) is 0 Å². The highest BCUT2D eigenvalue weighted by atomic mass is 19.4. The van der Waals surface area contributed by atoms with E-state index in [2.05, 4.69) is 25.1 Å². The van der Waals surface area contributed by atoms with Gasteiger partial charge in [0.1, 0.15) is 5.75 Å². The van der Waals surface area contributed by atoms with Gasteiger partial charge in [-0.1, -0.05) is 23.8 Å². The smallest absolute Gasteiger partial charge is 0.490 e. The van der Waals surface area contributed by atoms with Gasteiger partial charge in [0.2, 0.25) is 0 Å². The summed E-state index contributed by atoms with van der Waals surface area (Å²) in [6.45, 7) is 2.15. The first-order valence-corrected chi connectivity index (χ1v) is 6.53. The van der Waals surface area contributed by atoms with Crippen molar-refractivity contribution in [1.82, 2.24) is 0 Å². The van der Waals surface area contributed by atoms with Crippen LogP contribution in [0.1, 0.15) is 18.9 Å². The van der Waals surface area contributed by atoms with Crippen molar-refractivity contribution in [3.63, 3.8) is 0 Å². The Hall–Kier alpha value is -2.02. The fraction of sp³-hybridized carbons (Fsp3) is 0.400. The van der Waals surface area contributed by atoms with Crippen molar-refractivity contribution in [1.29, 1.82) is 0 Å². The van der Waals surface area contributed by atoms with Gasteiger partial charge in [-0.05, 0) is 37.0 Å².